The summed E-state index contributed by atoms with van der Waals surface area (Å²) >= 11 is 7.69. The lowest BCUT2D eigenvalue weighted by molar-refractivity contribution is -0.120. The van der Waals surface area contributed by atoms with Crippen LogP contribution in [0.4, 0.5) is 0 Å². The molecule has 2 aromatic rings. The van der Waals surface area contributed by atoms with Crippen molar-refractivity contribution in [1.29, 1.82) is 0 Å². The van der Waals surface area contributed by atoms with Gasteiger partial charge in [-0.1, -0.05) is 29.8 Å². The number of thiazole rings is 1. The van der Waals surface area contributed by atoms with Crippen LogP contribution in [-0.4, -0.2) is 43.4 Å². The molecule has 1 aliphatic rings. The summed E-state index contributed by atoms with van der Waals surface area (Å²) in [5.74, 6) is -0.0277. The molecule has 2 heterocycles. The van der Waals surface area contributed by atoms with Crippen molar-refractivity contribution < 1.29 is 14.3 Å². The Morgan fingerprint density at radius 2 is 2.31 bits per heavy atom. The number of aromatic nitrogens is 1. The van der Waals surface area contributed by atoms with Crippen LogP contribution in [0.3, 0.4) is 0 Å². The van der Waals surface area contributed by atoms with Gasteiger partial charge in [0.15, 0.2) is 0 Å². The van der Waals surface area contributed by atoms with E-state index in [0.29, 0.717) is 24.8 Å². The molecule has 1 aromatic heterocycles. The number of benzene rings is 1. The summed E-state index contributed by atoms with van der Waals surface area (Å²) in [6.07, 6.45) is 3.53. The van der Waals surface area contributed by atoms with E-state index in [1.165, 1.54) is 11.3 Å². The van der Waals surface area contributed by atoms with Crippen LogP contribution in [0.1, 0.15) is 25.0 Å². The number of hydrogen-bond acceptors (Lipinski definition) is 5. The summed E-state index contributed by atoms with van der Waals surface area (Å²) in [6, 6.07) is 7.58. The van der Waals surface area contributed by atoms with Crippen molar-refractivity contribution in [3.63, 3.8) is 0 Å². The van der Waals surface area contributed by atoms with Gasteiger partial charge in [-0.25, -0.2) is 4.98 Å². The molecule has 7 heteroatoms. The lowest BCUT2D eigenvalue weighted by Gasteiger charge is -2.10. The summed E-state index contributed by atoms with van der Waals surface area (Å²) in [7, 11) is 0. The van der Waals surface area contributed by atoms with E-state index >= 15 is 0 Å². The first-order chi connectivity index (χ1) is 12.7. The molecule has 140 valence electrons. The highest BCUT2D eigenvalue weighted by atomic mass is 35.5. The van der Waals surface area contributed by atoms with E-state index in [0.717, 1.165) is 42.1 Å². The van der Waals surface area contributed by atoms with E-state index in [1.54, 1.807) is 0 Å². The minimum atomic E-state index is -0.0277. The smallest absolute Gasteiger partial charge is 0.226 e. The van der Waals surface area contributed by atoms with Crippen LogP contribution in [0.15, 0.2) is 29.6 Å². The average Bonchev–Trinajstić information content (AvgIpc) is 3.30. The largest absolute Gasteiger partial charge is 0.379 e. The molecule has 0 saturated carbocycles. The Hall–Kier alpha value is -1.47. The second kappa shape index (κ2) is 10.0. The highest BCUT2D eigenvalue weighted by Gasteiger charge is 2.15. The molecule has 1 saturated heterocycles. The number of rotatable bonds is 9. The number of nitrogens with zero attached hydrogens (tertiary/aromatic N) is 1. The first-order valence-electron chi connectivity index (χ1n) is 8.88. The molecule has 1 amide bonds. The SMILES string of the molecule is O=C(Cc1csc(-c2ccccc2Cl)n1)NCCCOCC1CCCO1. The molecule has 1 atom stereocenters. The fraction of sp³-hybridized carbons (Fsp3) is 0.474. The van der Waals surface area contributed by atoms with Crippen LogP contribution in [0, 0.1) is 0 Å². The molecular formula is C19H23ClN2O3S. The fourth-order valence-electron chi connectivity index (χ4n) is 2.77. The van der Waals surface area contributed by atoms with Gasteiger partial charge in [0, 0.05) is 30.7 Å². The number of carbonyl (C=O) groups excluding carboxylic acids is 1. The molecule has 1 N–H and O–H groups in total. The maximum absolute atomic E-state index is 12.0. The summed E-state index contributed by atoms with van der Waals surface area (Å²) in [5, 5.41) is 6.32. The Labute approximate surface area is 162 Å². The molecule has 1 aromatic carbocycles. The van der Waals surface area contributed by atoms with E-state index in [2.05, 4.69) is 10.3 Å². The molecule has 1 fully saturated rings. The fourth-order valence-corrected chi connectivity index (χ4v) is 3.91. The van der Waals surface area contributed by atoms with Gasteiger partial charge in [-0.2, -0.15) is 0 Å². The lowest BCUT2D eigenvalue weighted by Crippen LogP contribution is -2.27. The molecule has 26 heavy (non-hydrogen) atoms. The first-order valence-corrected chi connectivity index (χ1v) is 10.1. The summed E-state index contributed by atoms with van der Waals surface area (Å²) < 4.78 is 11.1. The Bertz CT molecular complexity index is 716. The first kappa shape index (κ1) is 19.3. The molecule has 1 unspecified atom stereocenters. The highest BCUT2D eigenvalue weighted by Crippen LogP contribution is 2.30. The second-order valence-electron chi connectivity index (χ2n) is 6.21. The van der Waals surface area contributed by atoms with Gasteiger partial charge >= 0.3 is 0 Å². The van der Waals surface area contributed by atoms with Crippen LogP contribution in [0.2, 0.25) is 5.02 Å². The van der Waals surface area contributed by atoms with Gasteiger partial charge < -0.3 is 14.8 Å². The number of nitrogens with one attached hydrogen (secondary N) is 1. The summed E-state index contributed by atoms with van der Waals surface area (Å²) in [6.45, 7) is 2.73. The highest BCUT2D eigenvalue weighted by molar-refractivity contribution is 7.13. The second-order valence-corrected chi connectivity index (χ2v) is 7.48. The zero-order valence-corrected chi connectivity index (χ0v) is 16.2. The van der Waals surface area contributed by atoms with E-state index in [-0.39, 0.29) is 18.4 Å². The van der Waals surface area contributed by atoms with Crippen molar-refractivity contribution in [3.8, 4) is 10.6 Å². The Morgan fingerprint density at radius 1 is 1.42 bits per heavy atom. The van der Waals surface area contributed by atoms with Gasteiger partial charge in [-0.05, 0) is 25.3 Å². The van der Waals surface area contributed by atoms with Crippen LogP contribution < -0.4 is 5.32 Å². The minimum absolute atomic E-state index is 0.0277. The van der Waals surface area contributed by atoms with E-state index < -0.39 is 0 Å². The van der Waals surface area contributed by atoms with E-state index in [9.17, 15) is 4.79 Å². The van der Waals surface area contributed by atoms with E-state index in [1.807, 2.05) is 29.6 Å². The molecule has 0 spiro atoms. The van der Waals surface area contributed by atoms with Crippen molar-refractivity contribution >= 4 is 28.8 Å². The van der Waals surface area contributed by atoms with Gasteiger partial charge in [-0.3, -0.25) is 4.79 Å². The zero-order chi connectivity index (χ0) is 18.2. The Kier molecular flexibility index (Phi) is 7.43. The van der Waals surface area contributed by atoms with Crippen LogP contribution in [0.5, 0.6) is 0 Å². The molecule has 0 radical (unpaired) electrons. The number of ether oxygens (including phenoxy) is 2. The number of halogens is 1. The lowest BCUT2D eigenvalue weighted by atomic mass is 10.2. The van der Waals surface area contributed by atoms with Crippen molar-refractivity contribution in [2.75, 3.05) is 26.4 Å². The van der Waals surface area contributed by atoms with Crippen molar-refractivity contribution in [2.45, 2.75) is 31.8 Å². The van der Waals surface area contributed by atoms with Crippen LogP contribution >= 0.6 is 22.9 Å². The average molecular weight is 395 g/mol. The topological polar surface area (TPSA) is 60.5 Å². The van der Waals surface area contributed by atoms with E-state index in [4.69, 9.17) is 21.1 Å². The molecule has 0 aliphatic carbocycles. The predicted molar refractivity (Wildman–Crippen MR) is 104 cm³/mol. The molecule has 0 bridgehead atoms. The van der Waals surface area contributed by atoms with Gasteiger partial charge in [0.1, 0.15) is 5.01 Å². The third-order valence-electron chi connectivity index (χ3n) is 4.11. The van der Waals surface area contributed by atoms with Gasteiger partial charge in [0.2, 0.25) is 5.91 Å². The number of amides is 1. The Morgan fingerprint density at radius 3 is 3.12 bits per heavy atom. The molecule has 1 aliphatic heterocycles. The van der Waals surface area contributed by atoms with Crippen LogP contribution in [0.25, 0.3) is 10.6 Å². The van der Waals surface area contributed by atoms with Crippen molar-refractivity contribution in [1.82, 2.24) is 10.3 Å². The molecule has 3 rings (SSSR count). The third kappa shape index (κ3) is 5.77. The maximum Gasteiger partial charge on any atom is 0.226 e. The summed E-state index contributed by atoms with van der Waals surface area (Å²) in [4.78, 5) is 16.6. The van der Waals surface area contributed by atoms with Crippen LogP contribution in [-0.2, 0) is 20.7 Å². The third-order valence-corrected chi connectivity index (χ3v) is 5.37. The Balaban J connectivity index is 1.34. The van der Waals surface area contributed by atoms with Gasteiger partial charge in [0.05, 0.1) is 29.8 Å². The monoisotopic (exact) mass is 394 g/mol. The molecule has 5 nitrogen and oxygen atoms in total. The van der Waals surface area contributed by atoms with Crippen molar-refractivity contribution in [2.24, 2.45) is 0 Å². The zero-order valence-electron chi connectivity index (χ0n) is 14.6. The normalized spacial score (nSPS) is 16.7. The minimum Gasteiger partial charge on any atom is -0.379 e. The molecular weight excluding hydrogens is 372 g/mol. The van der Waals surface area contributed by atoms with Gasteiger partial charge in [0.25, 0.3) is 0 Å². The quantitative estimate of drug-likeness (QED) is 0.658. The standard InChI is InChI=1S/C19H23ClN2O3S/c20-17-7-2-1-6-16(17)19-22-14(13-26-19)11-18(23)21-8-4-9-24-12-15-5-3-10-25-15/h1-2,6-7,13,15H,3-5,8-12H2,(H,21,23). The number of carbonyl (C=O) groups is 1. The van der Waals surface area contributed by atoms with Crippen molar-refractivity contribution in [3.05, 3.63) is 40.4 Å². The van der Waals surface area contributed by atoms with Gasteiger partial charge in [-0.15, -0.1) is 11.3 Å². The predicted octanol–water partition coefficient (Wildman–Crippen LogP) is 3.71. The maximum atomic E-state index is 12.0. The number of hydrogen-bond donors (Lipinski definition) is 1. The summed E-state index contributed by atoms with van der Waals surface area (Å²) in [5.41, 5.74) is 1.66.